The molecule has 15 heavy (non-hydrogen) atoms. The monoisotopic (exact) mass is 226 g/mol. The number of hydrogen-bond donors (Lipinski definition) is 0. The zero-order valence-corrected chi connectivity index (χ0v) is 8.35. The fraction of sp³-hybridized carbons (Fsp3) is 0.222. The summed E-state index contributed by atoms with van der Waals surface area (Å²) in [4.78, 5) is 9.90. The largest absolute Gasteiger partial charge is 0.491 e. The van der Waals surface area contributed by atoms with Gasteiger partial charge in [-0.1, -0.05) is 6.07 Å². The average molecular weight is 227 g/mol. The van der Waals surface area contributed by atoms with E-state index in [1.807, 2.05) is 0 Å². The molecule has 0 heterocycles. The van der Waals surface area contributed by atoms with E-state index >= 15 is 0 Å². The van der Waals surface area contributed by atoms with Crippen molar-refractivity contribution in [2.24, 2.45) is 0 Å². The van der Waals surface area contributed by atoms with Gasteiger partial charge in [0, 0.05) is 6.07 Å². The number of nitro benzene ring substituents is 1. The summed E-state index contributed by atoms with van der Waals surface area (Å²) in [7, 11) is 0. The van der Waals surface area contributed by atoms with Crippen molar-refractivity contribution >= 4 is 17.3 Å². The Morgan fingerprint density at radius 3 is 3.00 bits per heavy atom. The van der Waals surface area contributed by atoms with Crippen LogP contribution in [-0.4, -0.2) is 16.9 Å². The lowest BCUT2D eigenvalue weighted by atomic mass is 10.3. The summed E-state index contributed by atoms with van der Waals surface area (Å²) in [6.07, 6.45) is 0. The molecule has 0 amide bonds. The topological polar surface area (TPSA) is 76.2 Å². The summed E-state index contributed by atoms with van der Waals surface area (Å²) >= 11 is 5.50. The van der Waals surface area contributed by atoms with E-state index in [0.717, 1.165) is 0 Å². The smallest absolute Gasteiger partial charge is 0.273 e. The summed E-state index contributed by atoms with van der Waals surface area (Å²) in [5, 5.41) is 18.0. The van der Waals surface area contributed by atoms with Gasteiger partial charge < -0.3 is 4.74 Å². The van der Waals surface area contributed by atoms with Crippen LogP contribution < -0.4 is 4.74 Å². The number of alkyl halides is 1. The van der Waals surface area contributed by atoms with Gasteiger partial charge in [0.25, 0.3) is 5.69 Å². The van der Waals surface area contributed by atoms with Crippen LogP contribution in [0.3, 0.4) is 0 Å². The molecule has 0 aliphatic carbocycles. The molecule has 0 N–H and O–H groups in total. The van der Waals surface area contributed by atoms with E-state index in [1.54, 1.807) is 12.1 Å². The molecule has 1 atom stereocenters. The third kappa shape index (κ3) is 3.44. The van der Waals surface area contributed by atoms with Crippen molar-refractivity contribution in [1.29, 1.82) is 5.26 Å². The lowest BCUT2D eigenvalue weighted by Crippen LogP contribution is -2.09. The summed E-state index contributed by atoms with van der Waals surface area (Å²) in [6.45, 7) is -0.000771. The lowest BCUT2D eigenvalue weighted by Gasteiger charge is -2.05. The van der Waals surface area contributed by atoms with Crippen LogP contribution in [0.4, 0.5) is 5.69 Å². The SMILES string of the molecule is N#CC(Cl)COc1cccc([N+](=O)[O-])c1. The molecule has 0 radical (unpaired) electrons. The molecule has 1 aromatic carbocycles. The zero-order valence-electron chi connectivity index (χ0n) is 7.59. The first-order valence-electron chi connectivity index (χ1n) is 4.04. The zero-order chi connectivity index (χ0) is 11.3. The third-order valence-electron chi connectivity index (χ3n) is 1.56. The summed E-state index contributed by atoms with van der Waals surface area (Å²) in [6, 6.07) is 7.48. The van der Waals surface area contributed by atoms with Crippen molar-refractivity contribution in [3.8, 4) is 11.8 Å². The quantitative estimate of drug-likeness (QED) is 0.448. The predicted octanol–water partition coefficient (Wildman–Crippen LogP) is 2.10. The van der Waals surface area contributed by atoms with E-state index in [4.69, 9.17) is 21.6 Å². The van der Waals surface area contributed by atoms with E-state index in [0.29, 0.717) is 5.75 Å². The van der Waals surface area contributed by atoms with Crippen molar-refractivity contribution in [2.45, 2.75) is 5.38 Å². The van der Waals surface area contributed by atoms with Gasteiger partial charge in [0.2, 0.25) is 0 Å². The molecule has 0 fully saturated rings. The van der Waals surface area contributed by atoms with Crippen LogP contribution in [0.15, 0.2) is 24.3 Å². The van der Waals surface area contributed by atoms with E-state index < -0.39 is 10.3 Å². The van der Waals surface area contributed by atoms with Crippen LogP contribution in [0.5, 0.6) is 5.75 Å². The number of hydrogen-bond acceptors (Lipinski definition) is 4. The lowest BCUT2D eigenvalue weighted by molar-refractivity contribution is -0.384. The Morgan fingerprint density at radius 2 is 2.40 bits per heavy atom. The molecule has 6 heteroatoms. The van der Waals surface area contributed by atoms with E-state index in [2.05, 4.69) is 0 Å². The maximum atomic E-state index is 10.4. The molecule has 0 aliphatic rings. The fourth-order valence-corrected chi connectivity index (χ4v) is 0.957. The molecule has 0 aromatic heterocycles. The Bertz CT molecular complexity index is 403. The average Bonchev–Trinajstić information content (AvgIpc) is 2.26. The van der Waals surface area contributed by atoms with Gasteiger partial charge in [0.1, 0.15) is 12.4 Å². The predicted molar refractivity (Wildman–Crippen MR) is 53.8 cm³/mol. The first kappa shape index (κ1) is 11.3. The van der Waals surface area contributed by atoms with E-state index in [-0.39, 0.29) is 12.3 Å². The standard InChI is InChI=1S/C9H7ClN2O3/c10-7(5-11)6-15-9-3-1-2-8(4-9)12(13)14/h1-4,7H,6H2. The Kier molecular flexibility index (Phi) is 3.89. The number of ether oxygens (including phenoxy) is 1. The maximum absolute atomic E-state index is 10.4. The van der Waals surface area contributed by atoms with Gasteiger partial charge >= 0.3 is 0 Å². The molecule has 0 aliphatic heterocycles. The highest BCUT2D eigenvalue weighted by Crippen LogP contribution is 2.19. The second kappa shape index (κ2) is 5.17. The van der Waals surface area contributed by atoms with E-state index in [9.17, 15) is 10.1 Å². The number of non-ortho nitro benzene ring substituents is 1. The number of nitriles is 1. The van der Waals surface area contributed by atoms with Crippen LogP contribution in [0, 0.1) is 21.4 Å². The molecule has 0 saturated carbocycles. The minimum atomic E-state index is -0.760. The number of nitrogens with zero attached hydrogens (tertiary/aromatic N) is 2. The minimum absolute atomic E-state index is 0.000771. The summed E-state index contributed by atoms with van der Waals surface area (Å²) in [5.41, 5.74) is -0.0596. The Labute approximate surface area is 91.0 Å². The molecule has 0 bridgehead atoms. The molecule has 78 valence electrons. The number of nitro groups is 1. The van der Waals surface area contributed by atoms with Crippen molar-refractivity contribution < 1.29 is 9.66 Å². The molecule has 0 saturated heterocycles. The van der Waals surface area contributed by atoms with Crippen LogP contribution in [0.1, 0.15) is 0 Å². The molecule has 1 unspecified atom stereocenters. The normalized spacial score (nSPS) is 11.5. The second-order valence-electron chi connectivity index (χ2n) is 2.66. The first-order chi connectivity index (χ1) is 7.13. The Hall–Kier alpha value is -1.80. The Morgan fingerprint density at radius 1 is 1.67 bits per heavy atom. The van der Waals surface area contributed by atoms with Crippen molar-refractivity contribution in [3.63, 3.8) is 0 Å². The molecule has 5 nitrogen and oxygen atoms in total. The minimum Gasteiger partial charge on any atom is -0.491 e. The van der Waals surface area contributed by atoms with Gasteiger partial charge in [0.05, 0.1) is 17.1 Å². The third-order valence-corrected chi connectivity index (χ3v) is 1.79. The van der Waals surface area contributed by atoms with Gasteiger partial charge in [-0.2, -0.15) is 5.26 Å². The molecule has 1 rings (SSSR count). The highest BCUT2D eigenvalue weighted by atomic mass is 35.5. The highest BCUT2D eigenvalue weighted by Gasteiger charge is 2.08. The Balaban J connectivity index is 2.67. The fourth-order valence-electron chi connectivity index (χ4n) is 0.894. The van der Waals surface area contributed by atoms with Gasteiger partial charge in [-0.05, 0) is 6.07 Å². The van der Waals surface area contributed by atoms with Gasteiger partial charge in [-0.15, -0.1) is 11.6 Å². The van der Waals surface area contributed by atoms with Crippen LogP contribution in [-0.2, 0) is 0 Å². The maximum Gasteiger partial charge on any atom is 0.273 e. The van der Waals surface area contributed by atoms with Gasteiger partial charge in [-0.3, -0.25) is 10.1 Å². The highest BCUT2D eigenvalue weighted by molar-refractivity contribution is 6.22. The second-order valence-corrected chi connectivity index (χ2v) is 3.19. The number of benzene rings is 1. The van der Waals surface area contributed by atoms with Gasteiger partial charge in [-0.25, -0.2) is 0 Å². The molecular weight excluding hydrogens is 220 g/mol. The summed E-state index contributed by atoms with van der Waals surface area (Å²) < 4.78 is 5.09. The van der Waals surface area contributed by atoms with Crippen LogP contribution in [0.25, 0.3) is 0 Å². The van der Waals surface area contributed by atoms with Crippen molar-refractivity contribution in [1.82, 2.24) is 0 Å². The summed E-state index contributed by atoms with van der Waals surface area (Å²) in [5.74, 6) is 0.324. The van der Waals surface area contributed by atoms with Crippen molar-refractivity contribution in [3.05, 3.63) is 34.4 Å². The van der Waals surface area contributed by atoms with Crippen molar-refractivity contribution in [2.75, 3.05) is 6.61 Å². The van der Waals surface area contributed by atoms with Crippen LogP contribution in [0.2, 0.25) is 0 Å². The number of rotatable bonds is 4. The van der Waals surface area contributed by atoms with E-state index in [1.165, 1.54) is 18.2 Å². The first-order valence-corrected chi connectivity index (χ1v) is 4.48. The molecule has 1 aromatic rings. The van der Waals surface area contributed by atoms with Gasteiger partial charge in [0.15, 0.2) is 5.38 Å². The number of halogens is 1. The van der Waals surface area contributed by atoms with Crippen LogP contribution >= 0.6 is 11.6 Å². The molecule has 0 spiro atoms. The molecular formula is C9H7ClN2O3.